The fraction of sp³-hybridized carbons (Fsp3) is 0.941. The Morgan fingerprint density at radius 3 is 2.05 bits per heavy atom. The Balaban J connectivity index is 1.44. The molecule has 2 aliphatic carbocycles. The lowest BCUT2D eigenvalue weighted by Gasteiger charge is -2.14. The molecule has 0 bridgehead atoms. The van der Waals surface area contributed by atoms with Crippen LogP contribution in [0.1, 0.15) is 77.0 Å². The number of rotatable bonds is 12. The van der Waals surface area contributed by atoms with Crippen LogP contribution in [0.3, 0.4) is 0 Å². The molecule has 2 aliphatic rings. The first kappa shape index (κ1) is 16.8. The van der Waals surface area contributed by atoms with Gasteiger partial charge in [0.25, 0.3) is 0 Å². The van der Waals surface area contributed by atoms with Gasteiger partial charge in [0.15, 0.2) is 0 Å². The molecule has 2 N–H and O–H groups in total. The normalized spacial score (nSPS) is 22.8. The number of ether oxygens (including phenoxy) is 1. The zero-order valence-electron chi connectivity index (χ0n) is 13.3. The van der Waals surface area contributed by atoms with Gasteiger partial charge in [-0.05, 0) is 51.4 Å². The third-order valence-corrected chi connectivity index (χ3v) is 5.41. The number of unbranched alkanes of at least 4 members (excludes halogenated alkanes) is 2. The Labute approximate surface area is 127 Å². The van der Waals surface area contributed by atoms with E-state index in [9.17, 15) is 9.90 Å². The molecule has 0 aromatic heterocycles. The van der Waals surface area contributed by atoms with Gasteiger partial charge >= 0.3 is 5.97 Å². The summed E-state index contributed by atoms with van der Waals surface area (Å²) in [6, 6.07) is 0. The molecule has 0 amide bonds. The monoisotopic (exact) mass is 298 g/mol. The van der Waals surface area contributed by atoms with E-state index in [1.807, 2.05) is 0 Å². The topological polar surface area (TPSA) is 66.8 Å². The van der Waals surface area contributed by atoms with Crippen LogP contribution in [0.25, 0.3) is 0 Å². The molecule has 0 aromatic rings. The zero-order chi connectivity index (χ0) is 15.3. The van der Waals surface area contributed by atoms with Gasteiger partial charge in [-0.3, -0.25) is 4.79 Å². The summed E-state index contributed by atoms with van der Waals surface area (Å²) in [5.74, 6) is -0.629. The molecule has 122 valence electrons. The van der Waals surface area contributed by atoms with Gasteiger partial charge in [-0.1, -0.05) is 25.7 Å². The Bertz CT molecular complexity index is 345. The fourth-order valence-corrected chi connectivity index (χ4v) is 3.23. The van der Waals surface area contributed by atoms with E-state index in [2.05, 4.69) is 0 Å². The SMILES string of the molecule is COC1(CCCCC(O)CCCCC2(C(=O)O)CC2)CC1. The van der Waals surface area contributed by atoms with E-state index in [1.54, 1.807) is 7.11 Å². The van der Waals surface area contributed by atoms with E-state index in [-0.39, 0.29) is 11.7 Å². The van der Waals surface area contributed by atoms with Crippen LogP contribution in [0.4, 0.5) is 0 Å². The first-order chi connectivity index (χ1) is 10.0. The van der Waals surface area contributed by atoms with Crippen LogP contribution in [-0.2, 0) is 9.53 Å². The van der Waals surface area contributed by atoms with Crippen LogP contribution in [-0.4, -0.2) is 35.0 Å². The molecule has 21 heavy (non-hydrogen) atoms. The second kappa shape index (κ2) is 7.10. The van der Waals surface area contributed by atoms with Crippen molar-refractivity contribution in [1.29, 1.82) is 0 Å². The second-order valence-corrected chi connectivity index (χ2v) is 7.12. The molecule has 0 spiro atoms. The Morgan fingerprint density at radius 2 is 1.62 bits per heavy atom. The van der Waals surface area contributed by atoms with Crippen molar-refractivity contribution in [1.82, 2.24) is 0 Å². The minimum Gasteiger partial charge on any atom is -0.481 e. The number of carboxylic acid groups (broad SMARTS) is 1. The van der Waals surface area contributed by atoms with Crippen LogP contribution < -0.4 is 0 Å². The number of hydrogen-bond acceptors (Lipinski definition) is 3. The lowest BCUT2D eigenvalue weighted by molar-refractivity contribution is -0.143. The summed E-state index contributed by atoms with van der Waals surface area (Å²) in [7, 11) is 1.80. The van der Waals surface area contributed by atoms with Gasteiger partial charge in [0.1, 0.15) is 0 Å². The molecule has 0 heterocycles. The maximum atomic E-state index is 11.0. The molecule has 1 atom stereocenters. The van der Waals surface area contributed by atoms with Crippen molar-refractivity contribution in [3.63, 3.8) is 0 Å². The van der Waals surface area contributed by atoms with Crippen molar-refractivity contribution in [2.24, 2.45) is 5.41 Å². The molecular weight excluding hydrogens is 268 g/mol. The lowest BCUT2D eigenvalue weighted by atomic mass is 9.97. The molecule has 0 aliphatic heterocycles. The molecule has 4 nitrogen and oxygen atoms in total. The van der Waals surface area contributed by atoms with Gasteiger partial charge in [0.2, 0.25) is 0 Å². The van der Waals surface area contributed by atoms with Crippen molar-refractivity contribution in [3.8, 4) is 0 Å². The van der Waals surface area contributed by atoms with Crippen molar-refractivity contribution in [2.45, 2.75) is 88.8 Å². The molecule has 2 fully saturated rings. The highest BCUT2D eigenvalue weighted by atomic mass is 16.5. The van der Waals surface area contributed by atoms with E-state index in [4.69, 9.17) is 9.84 Å². The van der Waals surface area contributed by atoms with Crippen LogP contribution in [0, 0.1) is 5.41 Å². The molecule has 2 saturated carbocycles. The molecule has 4 heteroatoms. The van der Waals surface area contributed by atoms with E-state index in [1.165, 1.54) is 12.8 Å². The van der Waals surface area contributed by atoms with Gasteiger partial charge < -0.3 is 14.9 Å². The highest BCUT2D eigenvalue weighted by molar-refractivity contribution is 5.77. The minimum atomic E-state index is -0.629. The van der Waals surface area contributed by atoms with Crippen LogP contribution in [0.5, 0.6) is 0 Å². The number of aliphatic carboxylic acids is 1. The highest BCUT2D eigenvalue weighted by Crippen LogP contribution is 2.50. The van der Waals surface area contributed by atoms with E-state index in [0.29, 0.717) is 0 Å². The zero-order valence-corrected chi connectivity index (χ0v) is 13.3. The average Bonchev–Trinajstić information content (AvgIpc) is 3.35. The predicted molar refractivity (Wildman–Crippen MR) is 81.2 cm³/mol. The Hall–Kier alpha value is -0.610. The van der Waals surface area contributed by atoms with Gasteiger partial charge in [-0.15, -0.1) is 0 Å². The van der Waals surface area contributed by atoms with E-state index < -0.39 is 11.4 Å². The molecule has 0 radical (unpaired) electrons. The Morgan fingerprint density at radius 1 is 1.05 bits per heavy atom. The quantitative estimate of drug-likeness (QED) is 0.541. The number of aliphatic hydroxyl groups excluding tert-OH is 1. The van der Waals surface area contributed by atoms with Gasteiger partial charge in [0.05, 0.1) is 17.1 Å². The maximum Gasteiger partial charge on any atom is 0.309 e. The molecule has 1 unspecified atom stereocenters. The third kappa shape index (κ3) is 4.96. The summed E-state index contributed by atoms with van der Waals surface area (Å²) in [5.41, 5.74) is -0.218. The average molecular weight is 298 g/mol. The number of carbonyl (C=O) groups is 1. The molecule has 0 saturated heterocycles. The maximum absolute atomic E-state index is 11.0. The molecule has 0 aromatic carbocycles. The minimum absolute atomic E-state index is 0.181. The van der Waals surface area contributed by atoms with E-state index >= 15 is 0 Å². The summed E-state index contributed by atoms with van der Waals surface area (Å²) in [6.07, 6.45) is 11.5. The van der Waals surface area contributed by atoms with Crippen molar-refractivity contribution >= 4 is 5.97 Å². The number of aliphatic hydroxyl groups is 1. The van der Waals surface area contributed by atoms with Crippen molar-refractivity contribution < 1.29 is 19.7 Å². The number of methoxy groups -OCH3 is 1. The summed E-state index contributed by atoms with van der Waals surface area (Å²) >= 11 is 0. The summed E-state index contributed by atoms with van der Waals surface area (Å²) in [6.45, 7) is 0. The lowest BCUT2D eigenvalue weighted by Crippen LogP contribution is -2.15. The van der Waals surface area contributed by atoms with E-state index in [0.717, 1.165) is 64.2 Å². The van der Waals surface area contributed by atoms with Crippen LogP contribution in [0.15, 0.2) is 0 Å². The predicted octanol–water partition coefficient (Wildman–Crippen LogP) is 3.51. The van der Waals surface area contributed by atoms with Crippen molar-refractivity contribution in [2.75, 3.05) is 7.11 Å². The van der Waals surface area contributed by atoms with Gasteiger partial charge in [0, 0.05) is 7.11 Å². The third-order valence-electron chi connectivity index (χ3n) is 5.41. The smallest absolute Gasteiger partial charge is 0.309 e. The summed E-state index contributed by atoms with van der Waals surface area (Å²) in [4.78, 5) is 11.0. The standard InChI is InChI=1S/C17H30O4/c1-21-17(12-13-17)9-5-3-7-14(18)6-2-4-8-16(10-11-16)15(19)20/h14,18H,2-13H2,1H3,(H,19,20). The Kier molecular flexibility index (Phi) is 5.67. The fourth-order valence-electron chi connectivity index (χ4n) is 3.23. The molecule has 2 rings (SSSR count). The van der Waals surface area contributed by atoms with Gasteiger partial charge in [-0.2, -0.15) is 0 Å². The first-order valence-electron chi connectivity index (χ1n) is 8.49. The second-order valence-electron chi connectivity index (χ2n) is 7.12. The van der Waals surface area contributed by atoms with Crippen molar-refractivity contribution in [3.05, 3.63) is 0 Å². The largest absolute Gasteiger partial charge is 0.481 e. The summed E-state index contributed by atoms with van der Waals surface area (Å²) in [5, 5.41) is 19.0. The van der Waals surface area contributed by atoms with Gasteiger partial charge in [-0.25, -0.2) is 0 Å². The number of carboxylic acids is 1. The van der Waals surface area contributed by atoms with Crippen LogP contribution in [0.2, 0.25) is 0 Å². The first-order valence-corrected chi connectivity index (χ1v) is 8.49. The number of hydrogen-bond donors (Lipinski definition) is 2. The molecular formula is C17H30O4. The summed E-state index contributed by atoms with van der Waals surface area (Å²) < 4.78 is 5.48. The van der Waals surface area contributed by atoms with Crippen LogP contribution >= 0.6 is 0 Å². The highest BCUT2D eigenvalue weighted by Gasteiger charge is 2.49.